The van der Waals surface area contributed by atoms with Crippen LogP contribution in [0.2, 0.25) is 5.04 Å². The van der Waals surface area contributed by atoms with E-state index in [0.717, 1.165) is 12.8 Å². The lowest BCUT2D eigenvalue weighted by Crippen LogP contribution is -2.68. The third-order valence-corrected chi connectivity index (χ3v) is 13.0. The van der Waals surface area contributed by atoms with Gasteiger partial charge in [-0.3, -0.25) is 0 Å². The Kier molecular flexibility index (Phi) is 8.15. The molecule has 1 aliphatic rings. The van der Waals surface area contributed by atoms with Crippen LogP contribution in [0.3, 0.4) is 0 Å². The lowest BCUT2D eigenvalue weighted by molar-refractivity contribution is 0.0509. The fourth-order valence-corrected chi connectivity index (χ4v) is 10.5. The van der Waals surface area contributed by atoms with Crippen molar-refractivity contribution in [2.24, 2.45) is 0 Å². The van der Waals surface area contributed by atoms with Crippen molar-refractivity contribution in [3.63, 3.8) is 0 Å². The Morgan fingerprint density at radius 1 is 0.744 bits per heavy atom. The Balaban J connectivity index is 1.22. The van der Waals surface area contributed by atoms with E-state index >= 15 is 0 Å². The quantitative estimate of drug-likeness (QED) is 0.173. The van der Waals surface area contributed by atoms with E-state index in [-0.39, 0.29) is 17.1 Å². The third-order valence-electron chi connectivity index (χ3n) is 7.94. The van der Waals surface area contributed by atoms with E-state index in [1.807, 2.05) is 18.2 Å². The van der Waals surface area contributed by atoms with Crippen molar-refractivity contribution in [1.82, 2.24) is 0 Å². The molecule has 4 aromatic rings. The van der Waals surface area contributed by atoms with Crippen molar-refractivity contribution in [2.75, 3.05) is 6.61 Å². The summed E-state index contributed by atoms with van der Waals surface area (Å²) in [4.78, 5) is 12.2. The Bertz CT molecular complexity index is 1300. The molecule has 200 valence electrons. The molecule has 4 heteroatoms. The molecule has 1 fully saturated rings. The second-order valence-corrected chi connectivity index (χ2v) is 15.8. The van der Waals surface area contributed by atoms with Crippen LogP contribution in [0.5, 0.6) is 0 Å². The van der Waals surface area contributed by atoms with E-state index < -0.39 is 8.32 Å². The number of ether oxygens (including phenoxy) is 1. The van der Waals surface area contributed by atoms with Gasteiger partial charge in [-0.1, -0.05) is 124 Å². The number of hydrogen-bond acceptors (Lipinski definition) is 3. The molecule has 0 heterocycles. The van der Waals surface area contributed by atoms with Gasteiger partial charge in [0.05, 0.1) is 12.2 Å². The highest BCUT2D eigenvalue weighted by molar-refractivity contribution is 6.99. The first kappa shape index (κ1) is 27.1. The van der Waals surface area contributed by atoms with Crippen LogP contribution in [0.4, 0.5) is 0 Å². The molecule has 4 aromatic carbocycles. The monoisotopic (exact) mass is 534 g/mol. The number of carbonyl (C=O) groups excluding carboxylic acids is 1. The number of rotatable bonds is 9. The molecule has 5 rings (SSSR count). The second-order valence-electron chi connectivity index (χ2n) is 11.6. The fraction of sp³-hybridized carbons (Fsp3) is 0.286. The molecule has 1 saturated carbocycles. The SMILES string of the molecule is CC(C)(C)[Si](OC1CC(c2ccc(CCOC(=O)c3ccccc3)cc2)C1)(c1ccccc1)c1ccccc1. The Morgan fingerprint density at radius 2 is 1.26 bits per heavy atom. The first-order valence-electron chi connectivity index (χ1n) is 14.0. The zero-order valence-electron chi connectivity index (χ0n) is 23.2. The molecular formula is C35H38O3Si. The minimum Gasteiger partial charge on any atom is -0.462 e. The average molecular weight is 535 g/mol. The summed E-state index contributed by atoms with van der Waals surface area (Å²) in [5.41, 5.74) is 3.13. The standard InChI is InChI=1S/C35H38O3Si/c1-35(2,3)39(32-15-9-5-10-16-32,33-17-11-6-12-18-33)38-31-25-30(26-31)28-21-19-27(20-22-28)23-24-37-34(36)29-13-7-4-8-14-29/h4-22,30-31H,23-26H2,1-3H3. The van der Waals surface area contributed by atoms with Crippen molar-refractivity contribution in [3.05, 3.63) is 132 Å². The van der Waals surface area contributed by atoms with Crippen molar-refractivity contribution >= 4 is 24.7 Å². The van der Waals surface area contributed by atoms with Crippen molar-refractivity contribution < 1.29 is 14.0 Å². The highest BCUT2D eigenvalue weighted by atomic mass is 28.4. The topological polar surface area (TPSA) is 35.5 Å². The number of benzene rings is 4. The number of esters is 1. The molecule has 0 amide bonds. The van der Waals surface area contributed by atoms with Crippen molar-refractivity contribution in [2.45, 2.75) is 57.1 Å². The van der Waals surface area contributed by atoms with Gasteiger partial charge in [0.1, 0.15) is 0 Å². The molecule has 0 saturated heterocycles. The summed E-state index contributed by atoms with van der Waals surface area (Å²) in [6.45, 7) is 7.40. The maximum absolute atomic E-state index is 12.2. The van der Waals surface area contributed by atoms with Gasteiger partial charge in [0.25, 0.3) is 8.32 Å². The zero-order chi connectivity index (χ0) is 27.3. The molecule has 1 aliphatic carbocycles. The molecule has 0 aliphatic heterocycles. The van der Waals surface area contributed by atoms with Crippen LogP contribution < -0.4 is 10.4 Å². The first-order chi connectivity index (χ1) is 18.9. The molecular weight excluding hydrogens is 496 g/mol. The summed E-state index contributed by atoms with van der Waals surface area (Å²) in [5.74, 6) is 0.242. The van der Waals surface area contributed by atoms with Crippen LogP contribution in [0, 0.1) is 0 Å². The second kappa shape index (κ2) is 11.7. The van der Waals surface area contributed by atoms with Crippen molar-refractivity contribution in [1.29, 1.82) is 0 Å². The Labute approximate surface area is 234 Å². The minimum atomic E-state index is -2.51. The smallest absolute Gasteiger partial charge is 0.338 e. The maximum atomic E-state index is 12.2. The predicted molar refractivity (Wildman–Crippen MR) is 161 cm³/mol. The summed E-state index contributed by atoms with van der Waals surface area (Å²) < 4.78 is 12.7. The van der Waals surface area contributed by atoms with Crippen LogP contribution in [0.15, 0.2) is 115 Å². The van der Waals surface area contributed by atoms with Crippen LogP contribution in [-0.2, 0) is 15.6 Å². The molecule has 0 unspecified atom stereocenters. The Hall–Kier alpha value is -3.47. The summed E-state index contributed by atoms with van der Waals surface area (Å²) >= 11 is 0. The lowest BCUT2D eigenvalue weighted by atomic mass is 9.77. The van der Waals surface area contributed by atoms with Crippen LogP contribution in [0.1, 0.15) is 61.0 Å². The molecule has 0 bridgehead atoms. The van der Waals surface area contributed by atoms with Crippen LogP contribution in [0.25, 0.3) is 0 Å². The van der Waals surface area contributed by atoms with Gasteiger partial charge in [0, 0.05) is 12.5 Å². The van der Waals surface area contributed by atoms with E-state index in [1.54, 1.807) is 12.1 Å². The molecule has 0 radical (unpaired) electrons. The number of hydrogen-bond donors (Lipinski definition) is 0. The predicted octanol–water partition coefficient (Wildman–Crippen LogP) is 6.91. The molecule has 39 heavy (non-hydrogen) atoms. The van der Waals surface area contributed by atoms with Gasteiger partial charge in [-0.25, -0.2) is 4.79 Å². The molecule has 3 nitrogen and oxygen atoms in total. The van der Waals surface area contributed by atoms with E-state index in [9.17, 15) is 4.79 Å². The largest absolute Gasteiger partial charge is 0.462 e. The summed E-state index contributed by atoms with van der Waals surface area (Å²) in [6, 6.07) is 39.7. The van der Waals surface area contributed by atoms with Gasteiger partial charge in [0.2, 0.25) is 0 Å². The number of carbonyl (C=O) groups is 1. The van der Waals surface area contributed by atoms with Gasteiger partial charge in [-0.05, 0) is 57.4 Å². The average Bonchev–Trinajstić information content (AvgIpc) is 2.94. The summed E-state index contributed by atoms with van der Waals surface area (Å²) in [5, 5.41) is 2.67. The van der Waals surface area contributed by atoms with Crippen molar-refractivity contribution in [3.8, 4) is 0 Å². The molecule has 0 spiro atoms. The summed E-state index contributed by atoms with van der Waals surface area (Å²) in [7, 11) is -2.51. The van der Waals surface area contributed by atoms with Crippen LogP contribution in [-0.4, -0.2) is 27.0 Å². The fourth-order valence-electron chi connectivity index (χ4n) is 5.75. The van der Waals surface area contributed by atoms with Gasteiger partial charge >= 0.3 is 5.97 Å². The maximum Gasteiger partial charge on any atom is 0.338 e. The molecule has 0 N–H and O–H groups in total. The highest BCUT2D eigenvalue weighted by Crippen LogP contribution is 2.44. The van der Waals surface area contributed by atoms with Gasteiger partial charge < -0.3 is 9.16 Å². The third kappa shape index (κ3) is 5.92. The Morgan fingerprint density at radius 3 is 1.77 bits per heavy atom. The van der Waals surface area contributed by atoms with E-state index in [1.165, 1.54) is 21.5 Å². The van der Waals surface area contributed by atoms with Crippen LogP contribution >= 0.6 is 0 Å². The lowest BCUT2D eigenvalue weighted by Gasteiger charge is -2.48. The minimum absolute atomic E-state index is 0.00753. The first-order valence-corrected chi connectivity index (χ1v) is 15.9. The van der Waals surface area contributed by atoms with Gasteiger partial charge in [0.15, 0.2) is 0 Å². The van der Waals surface area contributed by atoms with Gasteiger partial charge in [-0.15, -0.1) is 0 Å². The van der Waals surface area contributed by atoms with E-state index in [2.05, 4.69) is 106 Å². The molecule has 0 aromatic heterocycles. The summed E-state index contributed by atoms with van der Waals surface area (Å²) in [6.07, 6.45) is 3.04. The zero-order valence-corrected chi connectivity index (χ0v) is 24.2. The highest BCUT2D eigenvalue weighted by Gasteiger charge is 2.52. The van der Waals surface area contributed by atoms with Gasteiger partial charge in [-0.2, -0.15) is 0 Å². The van der Waals surface area contributed by atoms with E-state index in [4.69, 9.17) is 9.16 Å². The normalized spacial score (nSPS) is 17.3. The van der Waals surface area contributed by atoms with E-state index in [0.29, 0.717) is 24.5 Å². The molecule has 0 atom stereocenters.